The third kappa shape index (κ3) is 7.62. The van der Waals surface area contributed by atoms with E-state index < -0.39 is 52.5 Å². The van der Waals surface area contributed by atoms with Crippen molar-refractivity contribution in [1.82, 2.24) is 4.90 Å². The lowest BCUT2D eigenvalue weighted by molar-refractivity contribution is -0.153. The number of carbonyl (C=O) groups excluding carboxylic acids is 2. The highest BCUT2D eigenvalue weighted by atomic mass is 32.3. The lowest BCUT2D eigenvalue weighted by atomic mass is 9.91. The minimum atomic E-state index is -4.52. The van der Waals surface area contributed by atoms with Gasteiger partial charge in [-0.3, -0.25) is 14.4 Å². The van der Waals surface area contributed by atoms with Crippen LogP contribution in [0, 0.1) is 5.82 Å². The number of carboxylic acids is 1. The first-order valence-corrected chi connectivity index (χ1v) is 14.6. The monoisotopic (exact) mass is 558 g/mol. The number of hydrogen-bond acceptors (Lipinski definition) is 4. The predicted molar refractivity (Wildman–Crippen MR) is 136 cm³/mol. The van der Waals surface area contributed by atoms with Crippen molar-refractivity contribution < 1.29 is 41.8 Å². The zero-order valence-electron chi connectivity index (χ0n) is 21.2. The summed E-state index contributed by atoms with van der Waals surface area (Å²) in [5.41, 5.74) is 1.13. The van der Waals surface area contributed by atoms with Crippen LogP contribution in [0.4, 0.5) is 23.2 Å². The summed E-state index contributed by atoms with van der Waals surface area (Å²) in [5.74, 6) is -2.61. The molecule has 0 unspecified atom stereocenters. The number of fused-ring (bicyclic) bond motifs is 1. The van der Waals surface area contributed by atoms with Crippen LogP contribution in [0.2, 0.25) is 0 Å². The molecule has 1 atom stereocenters. The molecule has 12 heteroatoms. The fourth-order valence-corrected chi connectivity index (χ4v) is 5.35. The number of ether oxygens (including phenoxy) is 1. The standard InChI is InChI=1S/C26H30F4N2O5S/c1-38(2,3)21-10-7-17(14-20(21)27)31-25(36)24-19-9-8-18(37-15-26(28,29)30)13-16(19)11-12-32(24)22(33)5-4-6-23(34)35/h7-10,13-14,24H,4-6,11-12,15H2,1-3H3,(H,31,36)(H,34,35)/t24-/m1/s1. The van der Waals surface area contributed by atoms with Gasteiger partial charge in [0.05, 0.1) is 0 Å². The molecular weight excluding hydrogens is 528 g/mol. The highest BCUT2D eigenvalue weighted by Gasteiger charge is 2.36. The highest BCUT2D eigenvalue weighted by molar-refractivity contribution is 8.32. The second-order valence-electron chi connectivity index (χ2n) is 9.72. The van der Waals surface area contributed by atoms with Crippen LogP contribution in [0.3, 0.4) is 0 Å². The van der Waals surface area contributed by atoms with Gasteiger partial charge in [-0.15, -0.1) is 0 Å². The van der Waals surface area contributed by atoms with Gasteiger partial charge in [-0.05, 0) is 73.1 Å². The summed E-state index contributed by atoms with van der Waals surface area (Å²) in [6.45, 7) is -1.39. The van der Waals surface area contributed by atoms with E-state index in [4.69, 9.17) is 9.84 Å². The van der Waals surface area contributed by atoms with Crippen LogP contribution in [0.1, 0.15) is 36.4 Å². The van der Waals surface area contributed by atoms with E-state index in [-0.39, 0.29) is 43.7 Å². The van der Waals surface area contributed by atoms with Gasteiger partial charge < -0.3 is 20.1 Å². The normalized spacial score (nSPS) is 16.0. The van der Waals surface area contributed by atoms with E-state index in [0.717, 1.165) is 0 Å². The Morgan fingerprint density at radius 1 is 1.11 bits per heavy atom. The van der Waals surface area contributed by atoms with Gasteiger partial charge in [-0.2, -0.15) is 13.2 Å². The van der Waals surface area contributed by atoms with Gasteiger partial charge in [0.1, 0.15) is 17.6 Å². The average Bonchev–Trinajstić information content (AvgIpc) is 2.80. The van der Waals surface area contributed by atoms with Crippen molar-refractivity contribution in [3.63, 3.8) is 0 Å². The lowest BCUT2D eigenvalue weighted by Crippen LogP contribution is -2.45. The van der Waals surface area contributed by atoms with Crippen molar-refractivity contribution >= 4 is 33.5 Å². The number of carbonyl (C=O) groups is 3. The molecule has 2 N–H and O–H groups in total. The largest absolute Gasteiger partial charge is 0.484 e. The first-order valence-electron chi connectivity index (χ1n) is 11.8. The highest BCUT2D eigenvalue weighted by Crippen LogP contribution is 2.47. The smallest absolute Gasteiger partial charge is 0.422 e. The van der Waals surface area contributed by atoms with E-state index in [1.807, 2.05) is 18.8 Å². The molecule has 0 radical (unpaired) electrons. The molecule has 2 aromatic carbocycles. The summed E-state index contributed by atoms with van der Waals surface area (Å²) in [6.07, 6.45) is 1.30. The maximum Gasteiger partial charge on any atom is 0.422 e. The van der Waals surface area contributed by atoms with Crippen LogP contribution in [0.15, 0.2) is 41.3 Å². The maximum atomic E-state index is 14.8. The molecular formula is C26H30F4N2O5S. The SMILES string of the molecule is CS(C)(C)c1ccc(NC(=O)[C@H]2c3ccc(OCC(F)(F)F)cc3CCN2C(=O)CCCC(=O)O)cc1F. The number of rotatable bonds is 9. The summed E-state index contributed by atoms with van der Waals surface area (Å²) in [4.78, 5) is 39.2. The van der Waals surface area contributed by atoms with Crippen LogP contribution >= 0.6 is 10.0 Å². The van der Waals surface area contributed by atoms with Crippen molar-refractivity contribution in [3.05, 3.63) is 53.3 Å². The quantitative estimate of drug-likeness (QED) is 0.416. The van der Waals surface area contributed by atoms with Crippen LogP contribution in [0.5, 0.6) is 5.75 Å². The number of nitrogens with one attached hydrogen (secondary N) is 1. The zero-order valence-corrected chi connectivity index (χ0v) is 22.0. The van der Waals surface area contributed by atoms with Crippen LogP contribution in [0.25, 0.3) is 0 Å². The van der Waals surface area contributed by atoms with Gasteiger partial charge >= 0.3 is 12.1 Å². The summed E-state index contributed by atoms with van der Waals surface area (Å²) >= 11 is 0. The Balaban J connectivity index is 1.90. The molecule has 0 spiro atoms. The van der Waals surface area contributed by atoms with Gasteiger partial charge in [0.25, 0.3) is 5.91 Å². The molecule has 2 amide bonds. The molecule has 0 aliphatic carbocycles. The number of hydrogen-bond donors (Lipinski definition) is 2. The van der Waals surface area contributed by atoms with Crippen molar-refractivity contribution in [2.45, 2.75) is 42.8 Å². The van der Waals surface area contributed by atoms with Crippen molar-refractivity contribution in [2.75, 3.05) is 37.2 Å². The molecule has 1 aliphatic heterocycles. The van der Waals surface area contributed by atoms with E-state index in [2.05, 4.69) is 5.32 Å². The summed E-state index contributed by atoms with van der Waals surface area (Å²) in [5, 5.41) is 11.5. The molecule has 3 rings (SSSR count). The maximum absolute atomic E-state index is 14.8. The van der Waals surface area contributed by atoms with Gasteiger partial charge in [-0.1, -0.05) is 6.07 Å². The van der Waals surface area contributed by atoms with E-state index in [9.17, 15) is 31.9 Å². The molecule has 1 aliphatic rings. The van der Waals surface area contributed by atoms with Crippen molar-refractivity contribution in [2.24, 2.45) is 0 Å². The summed E-state index contributed by atoms with van der Waals surface area (Å²) < 4.78 is 57.3. The molecule has 208 valence electrons. The van der Waals surface area contributed by atoms with E-state index in [0.29, 0.717) is 16.0 Å². The molecule has 7 nitrogen and oxygen atoms in total. The number of halogens is 4. The molecule has 0 saturated carbocycles. The third-order valence-electron chi connectivity index (χ3n) is 5.95. The number of carboxylic acid groups (broad SMARTS) is 1. The fourth-order valence-electron chi connectivity index (χ4n) is 4.23. The number of nitrogens with zero attached hydrogens (tertiary/aromatic N) is 1. The number of benzene rings is 2. The topological polar surface area (TPSA) is 95.9 Å². The number of aliphatic carboxylic acids is 1. The van der Waals surface area contributed by atoms with Gasteiger partial charge in [0, 0.05) is 30.0 Å². The lowest BCUT2D eigenvalue weighted by Gasteiger charge is -2.36. The van der Waals surface area contributed by atoms with Crippen LogP contribution in [-0.4, -0.2) is 65.9 Å². The summed E-state index contributed by atoms with van der Waals surface area (Å²) in [6, 6.07) is 7.39. The third-order valence-corrected chi connectivity index (χ3v) is 7.60. The molecule has 2 aromatic rings. The Hall–Kier alpha value is -3.28. The number of anilines is 1. The Morgan fingerprint density at radius 2 is 1.82 bits per heavy atom. The Kier molecular flexibility index (Phi) is 8.96. The first kappa shape index (κ1) is 29.3. The average molecular weight is 559 g/mol. The van der Waals surface area contributed by atoms with E-state index >= 15 is 0 Å². The van der Waals surface area contributed by atoms with Gasteiger partial charge in [0.2, 0.25) is 5.91 Å². The zero-order chi connectivity index (χ0) is 28.3. The summed E-state index contributed by atoms with van der Waals surface area (Å²) in [7, 11) is -1.36. The molecule has 0 bridgehead atoms. The van der Waals surface area contributed by atoms with E-state index in [1.54, 1.807) is 12.1 Å². The Morgan fingerprint density at radius 3 is 2.42 bits per heavy atom. The van der Waals surface area contributed by atoms with Crippen molar-refractivity contribution in [1.29, 1.82) is 0 Å². The van der Waals surface area contributed by atoms with Crippen LogP contribution < -0.4 is 10.1 Å². The molecule has 0 saturated heterocycles. The Bertz CT molecular complexity index is 1210. The van der Waals surface area contributed by atoms with Gasteiger partial charge in [0.15, 0.2) is 6.61 Å². The van der Waals surface area contributed by atoms with Crippen molar-refractivity contribution in [3.8, 4) is 5.75 Å². The minimum Gasteiger partial charge on any atom is -0.484 e. The minimum absolute atomic E-state index is 0.0243. The first-order chi connectivity index (χ1) is 17.7. The van der Waals surface area contributed by atoms with Crippen LogP contribution in [-0.2, 0) is 20.8 Å². The second-order valence-corrected chi connectivity index (χ2v) is 13.8. The number of amides is 2. The number of alkyl halides is 3. The molecule has 0 fully saturated rings. The fraction of sp³-hybridized carbons (Fsp3) is 0.423. The molecule has 38 heavy (non-hydrogen) atoms. The molecule has 0 aromatic heterocycles. The van der Waals surface area contributed by atoms with E-state index in [1.165, 1.54) is 29.2 Å². The Labute approximate surface area is 219 Å². The second kappa shape index (κ2) is 11.6. The van der Waals surface area contributed by atoms with Gasteiger partial charge in [-0.25, -0.2) is 14.4 Å². The predicted octanol–water partition coefficient (Wildman–Crippen LogP) is 5.14. The molecule has 1 heterocycles.